The lowest BCUT2D eigenvalue weighted by Crippen LogP contribution is -2.45. The molecular weight excluding hydrogens is 254 g/mol. The maximum absolute atomic E-state index is 12.7. The van der Waals surface area contributed by atoms with Crippen LogP contribution in [0.1, 0.15) is 28.8 Å². The Labute approximate surface area is 119 Å². The van der Waals surface area contributed by atoms with Crippen molar-refractivity contribution in [3.05, 3.63) is 35.4 Å². The molecule has 0 radical (unpaired) electrons. The van der Waals surface area contributed by atoms with Gasteiger partial charge in [0.1, 0.15) is 6.04 Å². The Hall–Kier alpha value is -1.88. The molecule has 1 fully saturated rings. The summed E-state index contributed by atoms with van der Waals surface area (Å²) in [5, 5.41) is 2.63. The van der Waals surface area contributed by atoms with Crippen molar-refractivity contribution in [3.63, 3.8) is 0 Å². The molecule has 0 saturated carbocycles. The fourth-order valence-electron chi connectivity index (χ4n) is 2.71. The molecule has 1 aliphatic rings. The second-order valence-electron chi connectivity index (χ2n) is 4.97. The van der Waals surface area contributed by atoms with Gasteiger partial charge in [-0.2, -0.15) is 0 Å². The van der Waals surface area contributed by atoms with Gasteiger partial charge >= 0.3 is 0 Å². The first-order valence-electron chi connectivity index (χ1n) is 6.99. The SMILES string of the molecule is CNC(=O)C1CCCN1C(=O)c1ccccc1CCN. The number of amides is 2. The lowest BCUT2D eigenvalue weighted by Gasteiger charge is -2.24. The van der Waals surface area contributed by atoms with Crippen LogP contribution in [0.25, 0.3) is 0 Å². The molecule has 0 bridgehead atoms. The summed E-state index contributed by atoms with van der Waals surface area (Å²) in [5.74, 6) is -0.160. The van der Waals surface area contributed by atoms with Gasteiger partial charge in [0.15, 0.2) is 0 Å². The van der Waals surface area contributed by atoms with E-state index in [1.165, 1.54) is 0 Å². The summed E-state index contributed by atoms with van der Waals surface area (Å²) < 4.78 is 0. The first-order valence-corrected chi connectivity index (χ1v) is 6.99. The van der Waals surface area contributed by atoms with Gasteiger partial charge in [0.2, 0.25) is 5.91 Å². The summed E-state index contributed by atoms with van der Waals surface area (Å²) >= 11 is 0. The number of carbonyl (C=O) groups is 2. The summed E-state index contributed by atoms with van der Waals surface area (Å²) in [5.41, 5.74) is 7.20. The summed E-state index contributed by atoms with van der Waals surface area (Å²) in [6, 6.07) is 7.14. The van der Waals surface area contributed by atoms with Gasteiger partial charge in [-0.25, -0.2) is 0 Å². The highest BCUT2D eigenvalue weighted by atomic mass is 16.2. The van der Waals surface area contributed by atoms with Gasteiger partial charge < -0.3 is 16.0 Å². The van der Waals surface area contributed by atoms with E-state index in [1.807, 2.05) is 24.3 Å². The number of likely N-dealkylation sites (tertiary alicyclic amines) is 1. The number of rotatable bonds is 4. The average molecular weight is 275 g/mol. The molecule has 1 aliphatic heterocycles. The van der Waals surface area contributed by atoms with E-state index in [0.29, 0.717) is 25.1 Å². The van der Waals surface area contributed by atoms with Crippen molar-refractivity contribution >= 4 is 11.8 Å². The minimum Gasteiger partial charge on any atom is -0.357 e. The van der Waals surface area contributed by atoms with Gasteiger partial charge in [-0.3, -0.25) is 9.59 Å². The van der Waals surface area contributed by atoms with E-state index in [2.05, 4.69) is 5.32 Å². The minimum atomic E-state index is -0.349. The second-order valence-corrected chi connectivity index (χ2v) is 4.97. The van der Waals surface area contributed by atoms with Gasteiger partial charge in [-0.15, -0.1) is 0 Å². The fraction of sp³-hybridized carbons (Fsp3) is 0.467. The number of carbonyl (C=O) groups excluding carboxylic acids is 2. The molecule has 1 aromatic carbocycles. The zero-order chi connectivity index (χ0) is 14.5. The van der Waals surface area contributed by atoms with Crippen molar-refractivity contribution in [2.45, 2.75) is 25.3 Å². The Kier molecular flexibility index (Phi) is 4.74. The highest BCUT2D eigenvalue weighted by molar-refractivity contribution is 5.99. The van der Waals surface area contributed by atoms with Crippen molar-refractivity contribution in [2.24, 2.45) is 5.73 Å². The number of nitrogens with one attached hydrogen (secondary N) is 1. The molecule has 1 unspecified atom stereocenters. The number of likely N-dealkylation sites (N-methyl/N-ethyl adjacent to an activating group) is 1. The standard InChI is InChI=1S/C15H21N3O2/c1-17-14(19)13-7-4-10-18(13)15(20)12-6-3-2-5-11(12)8-9-16/h2-3,5-6,13H,4,7-10,16H2,1H3,(H,17,19). The zero-order valence-corrected chi connectivity index (χ0v) is 11.8. The molecule has 1 atom stereocenters. The molecule has 0 aliphatic carbocycles. The van der Waals surface area contributed by atoms with Crippen LogP contribution >= 0.6 is 0 Å². The van der Waals surface area contributed by atoms with Crippen LogP contribution in [0, 0.1) is 0 Å². The van der Waals surface area contributed by atoms with E-state index < -0.39 is 0 Å². The van der Waals surface area contributed by atoms with Gasteiger partial charge in [0, 0.05) is 19.2 Å². The third-order valence-corrected chi connectivity index (χ3v) is 3.72. The molecule has 0 aromatic heterocycles. The zero-order valence-electron chi connectivity index (χ0n) is 11.8. The van der Waals surface area contributed by atoms with E-state index in [9.17, 15) is 9.59 Å². The molecule has 0 spiro atoms. The predicted molar refractivity (Wildman–Crippen MR) is 77.3 cm³/mol. The first kappa shape index (κ1) is 14.5. The summed E-state index contributed by atoms with van der Waals surface area (Å²) in [7, 11) is 1.60. The van der Waals surface area contributed by atoms with Crippen LogP contribution in [0.5, 0.6) is 0 Å². The van der Waals surface area contributed by atoms with Crippen LogP contribution in [-0.2, 0) is 11.2 Å². The van der Waals surface area contributed by atoms with E-state index >= 15 is 0 Å². The van der Waals surface area contributed by atoms with Crippen LogP contribution in [0.3, 0.4) is 0 Å². The van der Waals surface area contributed by atoms with Gasteiger partial charge in [0.25, 0.3) is 5.91 Å². The van der Waals surface area contributed by atoms with Crippen molar-refractivity contribution in [1.82, 2.24) is 10.2 Å². The highest BCUT2D eigenvalue weighted by Crippen LogP contribution is 2.22. The van der Waals surface area contributed by atoms with Gasteiger partial charge in [0.05, 0.1) is 0 Å². The molecule has 1 heterocycles. The Balaban J connectivity index is 2.24. The smallest absolute Gasteiger partial charge is 0.254 e. The van der Waals surface area contributed by atoms with Crippen molar-refractivity contribution in [1.29, 1.82) is 0 Å². The van der Waals surface area contributed by atoms with E-state index in [1.54, 1.807) is 11.9 Å². The molecule has 20 heavy (non-hydrogen) atoms. The number of hydrogen-bond donors (Lipinski definition) is 2. The molecule has 2 rings (SSSR count). The molecule has 3 N–H and O–H groups in total. The number of nitrogens with zero attached hydrogens (tertiary/aromatic N) is 1. The monoisotopic (exact) mass is 275 g/mol. The summed E-state index contributed by atoms with van der Waals surface area (Å²) in [6.45, 7) is 1.14. The number of nitrogens with two attached hydrogens (primary N) is 1. The quantitative estimate of drug-likeness (QED) is 0.842. The predicted octanol–water partition coefficient (Wildman–Crippen LogP) is 0.538. The summed E-state index contributed by atoms with van der Waals surface area (Å²) in [4.78, 5) is 26.2. The second kappa shape index (κ2) is 6.52. The molecule has 1 aromatic rings. The van der Waals surface area contributed by atoms with Crippen molar-refractivity contribution in [2.75, 3.05) is 20.1 Å². The van der Waals surface area contributed by atoms with Crippen LogP contribution in [0.15, 0.2) is 24.3 Å². The van der Waals surface area contributed by atoms with Crippen LogP contribution in [-0.4, -0.2) is 42.9 Å². The number of benzene rings is 1. The molecule has 5 heteroatoms. The summed E-state index contributed by atoms with van der Waals surface area (Å²) in [6.07, 6.45) is 2.26. The lowest BCUT2D eigenvalue weighted by atomic mass is 10.0. The van der Waals surface area contributed by atoms with Gasteiger partial charge in [-0.05, 0) is 37.4 Å². The first-order chi connectivity index (χ1) is 9.69. The maximum atomic E-state index is 12.7. The van der Waals surface area contributed by atoms with Crippen LogP contribution in [0.4, 0.5) is 0 Å². The molecule has 2 amide bonds. The van der Waals surface area contributed by atoms with Crippen molar-refractivity contribution in [3.8, 4) is 0 Å². The number of hydrogen-bond acceptors (Lipinski definition) is 3. The Morgan fingerprint density at radius 2 is 2.15 bits per heavy atom. The Bertz CT molecular complexity index is 502. The minimum absolute atomic E-state index is 0.0693. The third-order valence-electron chi connectivity index (χ3n) is 3.72. The lowest BCUT2D eigenvalue weighted by molar-refractivity contribution is -0.124. The molecule has 5 nitrogen and oxygen atoms in total. The third kappa shape index (κ3) is 2.82. The highest BCUT2D eigenvalue weighted by Gasteiger charge is 2.34. The normalized spacial score (nSPS) is 18.1. The van der Waals surface area contributed by atoms with Gasteiger partial charge in [-0.1, -0.05) is 18.2 Å². The molecule has 1 saturated heterocycles. The topological polar surface area (TPSA) is 75.4 Å². The fourth-order valence-corrected chi connectivity index (χ4v) is 2.71. The van der Waals surface area contributed by atoms with E-state index in [-0.39, 0.29) is 17.9 Å². The van der Waals surface area contributed by atoms with E-state index in [4.69, 9.17) is 5.73 Å². The molecule has 108 valence electrons. The van der Waals surface area contributed by atoms with Crippen molar-refractivity contribution < 1.29 is 9.59 Å². The van der Waals surface area contributed by atoms with Crippen LogP contribution in [0.2, 0.25) is 0 Å². The van der Waals surface area contributed by atoms with E-state index in [0.717, 1.165) is 18.4 Å². The van der Waals surface area contributed by atoms with Crippen LogP contribution < -0.4 is 11.1 Å². The molecular formula is C15H21N3O2. The average Bonchev–Trinajstić information content (AvgIpc) is 2.96. The maximum Gasteiger partial charge on any atom is 0.254 e. The Morgan fingerprint density at radius 3 is 2.85 bits per heavy atom. The largest absolute Gasteiger partial charge is 0.357 e. The Morgan fingerprint density at radius 1 is 1.40 bits per heavy atom.